The first-order chi connectivity index (χ1) is 8.00. The number of hydrogen-bond donors (Lipinski definition) is 0. The van der Waals surface area contributed by atoms with Gasteiger partial charge in [0.05, 0.1) is 12.4 Å². The Hall–Kier alpha value is -2.43. The van der Waals surface area contributed by atoms with Crippen LogP contribution in [0.5, 0.6) is 0 Å². The first-order valence-electron chi connectivity index (χ1n) is 4.36. The van der Waals surface area contributed by atoms with E-state index in [0.717, 1.165) is 23.1 Å². The molecule has 0 saturated carbocycles. The molecule has 0 unspecified atom stereocenters. The molecule has 2 aromatic heterocycles. The largest absolute Gasteiger partial charge is 0.435 e. The van der Waals surface area contributed by atoms with E-state index in [9.17, 15) is 13.2 Å². The lowest BCUT2D eigenvalue weighted by Crippen LogP contribution is -2.08. The molecule has 0 aromatic carbocycles. The van der Waals surface area contributed by atoms with E-state index in [1.807, 2.05) is 0 Å². The van der Waals surface area contributed by atoms with Crippen LogP contribution >= 0.6 is 0 Å². The molecule has 0 aliphatic rings. The van der Waals surface area contributed by atoms with Crippen LogP contribution in [-0.2, 0) is 6.18 Å². The first kappa shape index (κ1) is 11.1. The lowest BCUT2D eigenvalue weighted by Gasteiger charge is -2.01. The Kier molecular flexibility index (Phi) is 2.51. The first-order valence-corrected chi connectivity index (χ1v) is 4.36. The number of hydrogen-bond acceptors (Lipinski definition) is 4. The highest BCUT2D eigenvalue weighted by Crippen LogP contribution is 2.27. The fourth-order valence-corrected chi connectivity index (χ4v) is 1.10. The summed E-state index contributed by atoms with van der Waals surface area (Å²) >= 11 is 0. The zero-order chi connectivity index (χ0) is 12.5. The normalized spacial score (nSPS) is 11.2. The minimum absolute atomic E-state index is 0.0805. The Bertz CT molecular complexity index is 564. The van der Waals surface area contributed by atoms with Crippen LogP contribution in [0.25, 0.3) is 5.82 Å². The molecule has 0 radical (unpaired) electrons. The second-order valence-corrected chi connectivity index (χ2v) is 3.01. The number of aromatic nitrogens is 4. The van der Waals surface area contributed by atoms with Gasteiger partial charge in [0.15, 0.2) is 17.2 Å². The summed E-state index contributed by atoms with van der Waals surface area (Å²) in [7, 11) is 0. The molecule has 8 heteroatoms. The van der Waals surface area contributed by atoms with Gasteiger partial charge in [-0.3, -0.25) is 0 Å². The maximum atomic E-state index is 12.3. The third-order valence-electron chi connectivity index (χ3n) is 1.87. The molecule has 0 atom stereocenters. The van der Waals surface area contributed by atoms with E-state index in [4.69, 9.17) is 5.26 Å². The van der Waals surface area contributed by atoms with Crippen LogP contribution in [0.15, 0.2) is 24.7 Å². The summed E-state index contributed by atoms with van der Waals surface area (Å²) in [5, 5.41) is 11.8. The van der Waals surface area contributed by atoms with E-state index < -0.39 is 11.9 Å². The Morgan fingerprint density at radius 3 is 2.47 bits per heavy atom. The highest BCUT2D eigenvalue weighted by Gasteiger charge is 2.33. The van der Waals surface area contributed by atoms with Crippen molar-refractivity contribution < 1.29 is 13.2 Å². The third kappa shape index (κ3) is 2.23. The molecular formula is C9H4F3N5. The van der Waals surface area contributed by atoms with Gasteiger partial charge in [0.1, 0.15) is 6.07 Å². The molecule has 2 heterocycles. The summed E-state index contributed by atoms with van der Waals surface area (Å²) in [5.41, 5.74) is -0.930. The van der Waals surface area contributed by atoms with E-state index >= 15 is 0 Å². The lowest BCUT2D eigenvalue weighted by atomic mass is 10.4. The SMILES string of the molecule is N#Cc1cnc(-n2ccc(C(F)(F)F)n2)cn1. The average molecular weight is 239 g/mol. The molecule has 5 nitrogen and oxygen atoms in total. The van der Waals surface area contributed by atoms with Crippen LogP contribution < -0.4 is 0 Å². The Labute approximate surface area is 93.2 Å². The van der Waals surface area contributed by atoms with E-state index in [0.29, 0.717) is 0 Å². The van der Waals surface area contributed by atoms with Gasteiger partial charge in [0.2, 0.25) is 0 Å². The number of alkyl halides is 3. The van der Waals surface area contributed by atoms with Crippen molar-refractivity contribution in [2.75, 3.05) is 0 Å². The number of nitriles is 1. The van der Waals surface area contributed by atoms with Crippen molar-refractivity contribution in [2.24, 2.45) is 0 Å². The topological polar surface area (TPSA) is 67.4 Å². The van der Waals surface area contributed by atoms with Crippen LogP contribution in [0.2, 0.25) is 0 Å². The van der Waals surface area contributed by atoms with E-state index in [2.05, 4.69) is 15.1 Å². The van der Waals surface area contributed by atoms with Crippen molar-refractivity contribution in [1.29, 1.82) is 5.26 Å². The fourth-order valence-electron chi connectivity index (χ4n) is 1.10. The molecule has 0 saturated heterocycles. The lowest BCUT2D eigenvalue weighted by molar-refractivity contribution is -0.141. The predicted molar refractivity (Wildman–Crippen MR) is 48.9 cm³/mol. The second kappa shape index (κ2) is 3.86. The van der Waals surface area contributed by atoms with Crippen molar-refractivity contribution in [1.82, 2.24) is 19.7 Å². The Morgan fingerprint density at radius 2 is 2.00 bits per heavy atom. The highest BCUT2D eigenvalue weighted by molar-refractivity contribution is 5.23. The average Bonchev–Trinajstić information content (AvgIpc) is 2.78. The van der Waals surface area contributed by atoms with Crippen LogP contribution in [-0.4, -0.2) is 19.7 Å². The smallest absolute Gasteiger partial charge is 0.240 e. The van der Waals surface area contributed by atoms with Crippen molar-refractivity contribution in [2.45, 2.75) is 6.18 Å². The summed E-state index contributed by atoms with van der Waals surface area (Å²) in [4.78, 5) is 7.44. The molecule has 0 spiro atoms. The molecular weight excluding hydrogens is 235 g/mol. The molecule has 0 aliphatic heterocycles. The molecule has 0 N–H and O–H groups in total. The van der Waals surface area contributed by atoms with Crippen LogP contribution in [0.1, 0.15) is 11.4 Å². The van der Waals surface area contributed by atoms with Gasteiger partial charge in [-0.05, 0) is 6.07 Å². The van der Waals surface area contributed by atoms with Crippen LogP contribution in [0.3, 0.4) is 0 Å². The van der Waals surface area contributed by atoms with Crippen LogP contribution in [0, 0.1) is 11.3 Å². The molecule has 2 rings (SSSR count). The third-order valence-corrected chi connectivity index (χ3v) is 1.87. The zero-order valence-electron chi connectivity index (χ0n) is 8.18. The van der Waals surface area contributed by atoms with Gasteiger partial charge in [-0.2, -0.15) is 23.5 Å². The number of rotatable bonds is 1. The van der Waals surface area contributed by atoms with Crippen molar-refractivity contribution in [3.63, 3.8) is 0 Å². The standard InChI is InChI=1S/C9H4F3N5/c10-9(11,12)7-1-2-17(16-7)8-5-14-6(3-13)4-15-8/h1-2,4-5H. The van der Waals surface area contributed by atoms with E-state index in [1.165, 1.54) is 6.20 Å². The molecule has 2 aromatic rings. The molecule has 0 aliphatic carbocycles. The number of halogens is 3. The van der Waals surface area contributed by atoms with Crippen molar-refractivity contribution in [3.05, 3.63) is 36.0 Å². The fraction of sp³-hybridized carbons (Fsp3) is 0.111. The molecule has 17 heavy (non-hydrogen) atoms. The minimum atomic E-state index is -4.49. The molecule has 0 fully saturated rings. The highest BCUT2D eigenvalue weighted by atomic mass is 19.4. The van der Waals surface area contributed by atoms with Crippen LogP contribution in [0.4, 0.5) is 13.2 Å². The summed E-state index contributed by atoms with van der Waals surface area (Å²) in [6.07, 6.45) is -1.04. The summed E-state index contributed by atoms with van der Waals surface area (Å²) in [6.45, 7) is 0. The van der Waals surface area contributed by atoms with Gasteiger partial charge in [-0.1, -0.05) is 0 Å². The Morgan fingerprint density at radius 1 is 1.24 bits per heavy atom. The van der Waals surface area contributed by atoms with Crippen molar-refractivity contribution in [3.8, 4) is 11.9 Å². The second-order valence-electron chi connectivity index (χ2n) is 3.01. The van der Waals surface area contributed by atoms with E-state index in [-0.39, 0.29) is 11.5 Å². The van der Waals surface area contributed by atoms with Gasteiger partial charge in [0.25, 0.3) is 0 Å². The van der Waals surface area contributed by atoms with Gasteiger partial charge < -0.3 is 0 Å². The minimum Gasteiger partial charge on any atom is -0.240 e. The summed E-state index contributed by atoms with van der Waals surface area (Å²) in [5.74, 6) is 0.111. The van der Waals surface area contributed by atoms with E-state index in [1.54, 1.807) is 6.07 Å². The number of nitrogens with zero attached hydrogens (tertiary/aromatic N) is 5. The zero-order valence-corrected chi connectivity index (χ0v) is 8.18. The monoisotopic (exact) mass is 239 g/mol. The van der Waals surface area contributed by atoms with Gasteiger partial charge in [-0.25, -0.2) is 14.6 Å². The van der Waals surface area contributed by atoms with Crippen molar-refractivity contribution >= 4 is 0 Å². The quantitative estimate of drug-likeness (QED) is 0.757. The molecule has 0 bridgehead atoms. The molecule has 86 valence electrons. The Balaban J connectivity index is 2.34. The van der Waals surface area contributed by atoms with Gasteiger partial charge in [-0.15, -0.1) is 0 Å². The van der Waals surface area contributed by atoms with Gasteiger partial charge in [0, 0.05) is 6.20 Å². The summed E-state index contributed by atoms with van der Waals surface area (Å²) < 4.78 is 37.8. The van der Waals surface area contributed by atoms with Gasteiger partial charge >= 0.3 is 6.18 Å². The summed E-state index contributed by atoms with van der Waals surface area (Å²) in [6, 6.07) is 2.59. The molecule has 0 amide bonds. The maximum absolute atomic E-state index is 12.3. The predicted octanol–water partition coefficient (Wildman–Crippen LogP) is 1.55. The maximum Gasteiger partial charge on any atom is 0.435 e.